The van der Waals surface area contributed by atoms with Crippen molar-refractivity contribution >= 4 is 23.7 Å². The molecule has 0 radical (unpaired) electrons. The number of aryl methyl sites for hydroxylation is 1. The summed E-state index contributed by atoms with van der Waals surface area (Å²) >= 11 is 6.16. The quantitative estimate of drug-likeness (QED) is 0.805. The second-order valence-corrected chi connectivity index (χ2v) is 6.84. The third-order valence-corrected chi connectivity index (χ3v) is 4.79. The number of rotatable bonds is 6. The summed E-state index contributed by atoms with van der Waals surface area (Å²) in [5.41, 5.74) is 2.17. The molecule has 1 saturated carbocycles. The summed E-state index contributed by atoms with van der Waals surface area (Å²) in [4.78, 5) is 26.0. The highest BCUT2D eigenvalue weighted by atomic mass is 35.5. The molecular weight excluding hydrogens is 354 g/mol. The molecule has 0 saturated heterocycles. The Morgan fingerprint density at radius 2 is 1.92 bits per heavy atom. The van der Waals surface area contributed by atoms with Crippen LogP contribution in [0.3, 0.4) is 0 Å². The predicted octanol–water partition coefficient (Wildman–Crippen LogP) is 4.58. The lowest BCUT2D eigenvalue weighted by Gasteiger charge is -2.28. The second-order valence-electron chi connectivity index (χ2n) is 6.43. The normalized spacial score (nSPS) is 14.5. The lowest BCUT2D eigenvalue weighted by atomic mass is 10.0. The number of carboxylic acids is 1. The number of amides is 1. The number of benzene rings is 2. The van der Waals surface area contributed by atoms with Crippen molar-refractivity contribution in [2.24, 2.45) is 0 Å². The summed E-state index contributed by atoms with van der Waals surface area (Å²) in [6.07, 6.45) is 0.911. The summed E-state index contributed by atoms with van der Waals surface area (Å²) in [6.45, 7) is 1.94. The molecule has 2 aromatic rings. The van der Waals surface area contributed by atoms with Crippen LogP contribution in [0.4, 0.5) is 4.79 Å². The fraction of sp³-hybridized carbons (Fsp3) is 0.300. The summed E-state index contributed by atoms with van der Waals surface area (Å²) in [5, 5.41) is 10.2. The molecule has 0 spiro atoms. The van der Waals surface area contributed by atoms with Crippen LogP contribution >= 0.6 is 11.6 Å². The van der Waals surface area contributed by atoms with Crippen molar-refractivity contribution in [2.75, 3.05) is 0 Å². The molecule has 0 aromatic heterocycles. The van der Waals surface area contributed by atoms with Gasteiger partial charge in [0.2, 0.25) is 0 Å². The van der Waals surface area contributed by atoms with Crippen molar-refractivity contribution < 1.29 is 19.4 Å². The number of ether oxygens (including phenoxy) is 1. The van der Waals surface area contributed by atoms with E-state index in [9.17, 15) is 14.7 Å². The molecule has 136 valence electrons. The number of nitrogens with zero attached hydrogens (tertiary/aromatic N) is 1. The molecule has 5 nitrogen and oxygen atoms in total. The standard InChI is InChI=1S/C20H20ClNO4/c1-13-7-8-15(11-17(13)21)18(19(23)24)22(16-9-10-16)20(25)26-12-14-5-3-2-4-6-14/h2-8,11,16,18H,9-10,12H2,1H3,(H,23,24). The average Bonchev–Trinajstić information content (AvgIpc) is 3.45. The maximum atomic E-state index is 12.7. The van der Waals surface area contributed by atoms with E-state index < -0.39 is 18.1 Å². The fourth-order valence-electron chi connectivity index (χ4n) is 2.81. The summed E-state index contributed by atoms with van der Waals surface area (Å²) < 4.78 is 5.39. The zero-order chi connectivity index (χ0) is 18.7. The number of carboxylic acid groups (broad SMARTS) is 1. The van der Waals surface area contributed by atoms with E-state index in [1.165, 1.54) is 4.90 Å². The molecule has 2 aromatic carbocycles. The van der Waals surface area contributed by atoms with Gasteiger partial charge >= 0.3 is 12.1 Å². The molecule has 1 unspecified atom stereocenters. The van der Waals surface area contributed by atoms with Gasteiger partial charge in [-0.2, -0.15) is 0 Å². The third kappa shape index (κ3) is 4.17. The highest BCUT2D eigenvalue weighted by Gasteiger charge is 2.42. The highest BCUT2D eigenvalue weighted by molar-refractivity contribution is 6.31. The van der Waals surface area contributed by atoms with E-state index in [0.29, 0.717) is 10.6 Å². The van der Waals surface area contributed by atoms with Crippen molar-refractivity contribution in [3.05, 3.63) is 70.2 Å². The lowest BCUT2D eigenvalue weighted by Crippen LogP contribution is -2.41. The smallest absolute Gasteiger partial charge is 0.411 e. The van der Waals surface area contributed by atoms with Crippen LogP contribution in [0, 0.1) is 6.92 Å². The molecule has 3 rings (SSSR count). The fourth-order valence-corrected chi connectivity index (χ4v) is 3.00. The maximum Gasteiger partial charge on any atom is 0.411 e. The molecule has 26 heavy (non-hydrogen) atoms. The Balaban J connectivity index is 1.82. The number of aliphatic carboxylic acids is 1. The Morgan fingerprint density at radius 3 is 2.50 bits per heavy atom. The Morgan fingerprint density at radius 1 is 1.23 bits per heavy atom. The summed E-state index contributed by atoms with van der Waals surface area (Å²) in [5.74, 6) is -1.10. The third-order valence-electron chi connectivity index (χ3n) is 4.38. The summed E-state index contributed by atoms with van der Waals surface area (Å²) in [7, 11) is 0. The van der Waals surface area contributed by atoms with Crippen molar-refractivity contribution in [1.29, 1.82) is 0 Å². The number of hydrogen-bond donors (Lipinski definition) is 1. The molecule has 1 amide bonds. The molecule has 0 bridgehead atoms. The first-order chi connectivity index (χ1) is 12.5. The lowest BCUT2D eigenvalue weighted by molar-refractivity contribution is -0.143. The van der Waals surface area contributed by atoms with Gasteiger partial charge in [-0.25, -0.2) is 9.59 Å². The minimum Gasteiger partial charge on any atom is -0.479 e. The SMILES string of the molecule is Cc1ccc(C(C(=O)O)N(C(=O)OCc2ccccc2)C2CC2)cc1Cl. The van der Waals surface area contributed by atoms with Crippen molar-refractivity contribution in [1.82, 2.24) is 4.90 Å². The van der Waals surface area contributed by atoms with Gasteiger partial charge < -0.3 is 9.84 Å². The molecule has 1 aliphatic carbocycles. The molecule has 1 atom stereocenters. The topological polar surface area (TPSA) is 66.8 Å². The first-order valence-corrected chi connectivity index (χ1v) is 8.83. The molecular formula is C20H20ClNO4. The molecule has 0 aliphatic heterocycles. The van der Waals surface area contributed by atoms with Crippen molar-refractivity contribution in [3.63, 3.8) is 0 Å². The Bertz CT molecular complexity index is 805. The highest BCUT2D eigenvalue weighted by Crippen LogP contribution is 2.36. The van der Waals surface area contributed by atoms with Crippen LogP contribution in [0.25, 0.3) is 0 Å². The van der Waals surface area contributed by atoms with Crippen LogP contribution in [-0.4, -0.2) is 28.1 Å². The molecule has 6 heteroatoms. The van der Waals surface area contributed by atoms with Crippen LogP contribution in [0.1, 0.15) is 35.6 Å². The van der Waals surface area contributed by atoms with Crippen LogP contribution < -0.4 is 0 Å². The van der Waals surface area contributed by atoms with Gasteiger partial charge in [-0.3, -0.25) is 4.90 Å². The zero-order valence-electron chi connectivity index (χ0n) is 14.4. The monoisotopic (exact) mass is 373 g/mol. The average molecular weight is 374 g/mol. The van der Waals surface area contributed by atoms with E-state index in [1.54, 1.807) is 18.2 Å². The molecule has 1 aliphatic rings. The Kier molecular flexibility index (Phi) is 5.47. The number of carbonyl (C=O) groups is 2. The van der Waals surface area contributed by atoms with Gasteiger partial charge in [-0.15, -0.1) is 0 Å². The van der Waals surface area contributed by atoms with E-state index in [0.717, 1.165) is 24.0 Å². The van der Waals surface area contributed by atoms with E-state index >= 15 is 0 Å². The maximum absolute atomic E-state index is 12.7. The van der Waals surface area contributed by atoms with E-state index in [1.807, 2.05) is 37.3 Å². The number of carbonyl (C=O) groups excluding carboxylic acids is 1. The van der Waals surface area contributed by atoms with Crippen LogP contribution in [0.2, 0.25) is 5.02 Å². The van der Waals surface area contributed by atoms with Gasteiger partial charge in [0.05, 0.1) is 0 Å². The molecule has 1 N–H and O–H groups in total. The first kappa shape index (κ1) is 18.3. The summed E-state index contributed by atoms with van der Waals surface area (Å²) in [6, 6.07) is 13.1. The van der Waals surface area contributed by atoms with E-state index in [2.05, 4.69) is 0 Å². The molecule has 0 heterocycles. The predicted molar refractivity (Wildman–Crippen MR) is 98.1 cm³/mol. The van der Waals surface area contributed by atoms with E-state index in [-0.39, 0.29) is 12.6 Å². The number of hydrogen-bond acceptors (Lipinski definition) is 3. The largest absolute Gasteiger partial charge is 0.479 e. The first-order valence-electron chi connectivity index (χ1n) is 8.45. The zero-order valence-corrected chi connectivity index (χ0v) is 15.1. The van der Waals surface area contributed by atoms with Crippen molar-refractivity contribution in [3.8, 4) is 0 Å². The van der Waals surface area contributed by atoms with E-state index in [4.69, 9.17) is 16.3 Å². The van der Waals surface area contributed by atoms with Gasteiger partial charge in [0, 0.05) is 11.1 Å². The molecule has 1 fully saturated rings. The Hall–Kier alpha value is -2.53. The van der Waals surface area contributed by atoms with Gasteiger partial charge in [-0.1, -0.05) is 54.1 Å². The van der Waals surface area contributed by atoms with Gasteiger partial charge in [-0.05, 0) is 42.5 Å². The Labute approximate surface area is 157 Å². The van der Waals surface area contributed by atoms with Crippen LogP contribution in [-0.2, 0) is 16.1 Å². The minimum atomic E-state index is -1.12. The van der Waals surface area contributed by atoms with Crippen LogP contribution in [0.5, 0.6) is 0 Å². The van der Waals surface area contributed by atoms with Gasteiger partial charge in [0.1, 0.15) is 6.61 Å². The van der Waals surface area contributed by atoms with Crippen LogP contribution in [0.15, 0.2) is 48.5 Å². The van der Waals surface area contributed by atoms with Gasteiger partial charge in [0.15, 0.2) is 6.04 Å². The number of halogens is 1. The van der Waals surface area contributed by atoms with Gasteiger partial charge in [0.25, 0.3) is 0 Å². The minimum absolute atomic E-state index is 0.101. The second kappa shape index (κ2) is 7.79. The van der Waals surface area contributed by atoms with Crippen molar-refractivity contribution in [2.45, 2.75) is 38.5 Å².